The highest BCUT2D eigenvalue weighted by atomic mass is 16.2. The first kappa shape index (κ1) is 14.0. The fourth-order valence-corrected chi connectivity index (χ4v) is 1.87. The number of H-pyrrole nitrogens is 1. The monoisotopic (exact) mass is 275 g/mol. The van der Waals surface area contributed by atoms with Gasteiger partial charge in [0, 0.05) is 31.7 Å². The minimum absolute atomic E-state index is 0.0675. The maximum atomic E-state index is 12.3. The Balaban J connectivity index is 2.10. The number of likely N-dealkylation sites (N-methyl/N-ethyl adjacent to an activating group) is 1. The first-order valence-corrected chi connectivity index (χ1v) is 6.44. The molecule has 0 saturated heterocycles. The van der Waals surface area contributed by atoms with Gasteiger partial charge in [0.1, 0.15) is 11.4 Å². The molecular weight excluding hydrogens is 258 g/mol. The van der Waals surface area contributed by atoms with Crippen LogP contribution < -0.4 is 5.56 Å². The number of nitrogens with one attached hydrogen (secondary N) is 1. The summed E-state index contributed by atoms with van der Waals surface area (Å²) in [6.07, 6.45) is 4.85. The number of aromatic nitrogens is 4. The Morgan fingerprint density at radius 2 is 2.30 bits per heavy atom. The minimum Gasteiger partial charge on any atom is -0.337 e. The molecule has 0 bridgehead atoms. The lowest BCUT2D eigenvalue weighted by Gasteiger charge is -2.20. The third-order valence-corrected chi connectivity index (χ3v) is 2.98. The zero-order valence-corrected chi connectivity index (χ0v) is 11.5. The molecule has 0 unspecified atom stereocenters. The van der Waals surface area contributed by atoms with Crippen molar-refractivity contribution >= 4 is 5.91 Å². The van der Waals surface area contributed by atoms with E-state index < -0.39 is 5.56 Å². The van der Waals surface area contributed by atoms with Gasteiger partial charge in [-0.05, 0) is 19.9 Å². The van der Waals surface area contributed by atoms with Crippen molar-refractivity contribution < 1.29 is 4.79 Å². The zero-order chi connectivity index (χ0) is 14.5. The Kier molecular flexibility index (Phi) is 4.29. The number of hydrogen-bond donors (Lipinski definition) is 1. The molecule has 7 heteroatoms. The molecule has 0 saturated carbocycles. The molecule has 0 fully saturated rings. The maximum absolute atomic E-state index is 12.3. The van der Waals surface area contributed by atoms with Crippen LogP contribution in [0.3, 0.4) is 0 Å². The van der Waals surface area contributed by atoms with E-state index in [9.17, 15) is 9.59 Å². The smallest absolute Gasteiger partial charge is 0.263 e. The van der Waals surface area contributed by atoms with Crippen molar-refractivity contribution in [1.29, 1.82) is 0 Å². The van der Waals surface area contributed by atoms with Crippen molar-refractivity contribution in [1.82, 2.24) is 24.6 Å². The van der Waals surface area contributed by atoms with Crippen LogP contribution in [0.5, 0.6) is 0 Å². The first-order chi connectivity index (χ1) is 9.61. The predicted octanol–water partition coefficient (Wildman–Crippen LogP) is 0.437. The van der Waals surface area contributed by atoms with Gasteiger partial charge in [0.15, 0.2) is 0 Å². The Bertz CT molecular complexity index is 632. The molecule has 0 aliphatic heterocycles. The molecule has 2 rings (SSSR count). The summed E-state index contributed by atoms with van der Waals surface area (Å²) >= 11 is 0. The van der Waals surface area contributed by atoms with E-state index >= 15 is 0 Å². The highest BCUT2D eigenvalue weighted by Gasteiger charge is 2.17. The average molecular weight is 275 g/mol. The van der Waals surface area contributed by atoms with Crippen molar-refractivity contribution in [2.75, 3.05) is 13.1 Å². The topological polar surface area (TPSA) is 83.9 Å². The van der Waals surface area contributed by atoms with E-state index in [-0.39, 0.29) is 11.5 Å². The fourth-order valence-electron chi connectivity index (χ4n) is 1.87. The van der Waals surface area contributed by atoms with Crippen LogP contribution in [0.25, 0.3) is 0 Å². The third kappa shape index (κ3) is 3.11. The quantitative estimate of drug-likeness (QED) is 0.858. The second-order valence-corrected chi connectivity index (χ2v) is 4.37. The molecule has 0 radical (unpaired) electrons. The molecule has 20 heavy (non-hydrogen) atoms. The van der Waals surface area contributed by atoms with Gasteiger partial charge in [-0.1, -0.05) is 0 Å². The third-order valence-electron chi connectivity index (χ3n) is 2.98. The summed E-state index contributed by atoms with van der Waals surface area (Å²) in [4.78, 5) is 32.2. The summed E-state index contributed by atoms with van der Waals surface area (Å²) in [5, 5.41) is 4.08. The van der Waals surface area contributed by atoms with Crippen LogP contribution >= 0.6 is 0 Å². The van der Waals surface area contributed by atoms with E-state index in [1.165, 1.54) is 6.20 Å². The molecule has 2 aromatic rings. The summed E-state index contributed by atoms with van der Waals surface area (Å²) in [6, 6.07) is 1.83. The van der Waals surface area contributed by atoms with Gasteiger partial charge in [0.25, 0.3) is 11.5 Å². The van der Waals surface area contributed by atoms with Crippen molar-refractivity contribution in [3.63, 3.8) is 0 Å². The van der Waals surface area contributed by atoms with Crippen LogP contribution in [-0.4, -0.2) is 43.6 Å². The van der Waals surface area contributed by atoms with Gasteiger partial charge in [0.05, 0.1) is 6.54 Å². The number of carbonyl (C=O) groups excluding carboxylic acids is 1. The molecule has 7 nitrogen and oxygen atoms in total. The Labute approximate surface area is 116 Å². The van der Waals surface area contributed by atoms with E-state index in [4.69, 9.17) is 0 Å². The summed E-state index contributed by atoms with van der Waals surface area (Å²) in [5.74, 6) is 0.180. The van der Waals surface area contributed by atoms with Crippen LogP contribution in [0.1, 0.15) is 23.1 Å². The standard InChI is InChI=1S/C13H17N5O2/c1-3-17(7-8-18-6-4-5-15-18)13(20)11-9-14-10(2)16-12(11)19/h4-6,9H,3,7-8H2,1-2H3,(H,14,16,19). The van der Waals surface area contributed by atoms with Gasteiger partial charge >= 0.3 is 0 Å². The summed E-state index contributed by atoms with van der Waals surface area (Å²) in [5.41, 5.74) is -0.335. The SMILES string of the molecule is CCN(CCn1cccn1)C(=O)c1cnc(C)[nH]c1=O. The number of aromatic amines is 1. The molecule has 0 aliphatic carbocycles. The highest BCUT2D eigenvalue weighted by Crippen LogP contribution is 2.00. The largest absolute Gasteiger partial charge is 0.337 e. The van der Waals surface area contributed by atoms with Gasteiger partial charge in [0.2, 0.25) is 0 Å². The first-order valence-electron chi connectivity index (χ1n) is 6.44. The lowest BCUT2D eigenvalue weighted by atomic mass is 10.2. The van der Waals surface area contributed by atoms with Crippen molar-refractivity contribution in [3.05, 3.63) is 46.4 Å². The number of hydrogen-bond acceptors (Lipinski definition) is 4. The second kappa shape index (κ2) is 6.14. The van der Waals surface area contributed by atoms with Crippen molar-refractivity contribution in [3.8, 4) is 0 Å². The van der Waals surface area contributed by atoms with Crippen LogP contribution in [0, 0.1) is 6.92 Å². The van der Waals surface area contributed by atoms with E-state index in [2.05, 4.69) is 15.1 Å². The molecule has 106 valence electrons. The molecule has 2 aromatic heterocycles. The predicted molar refractivity (Wildman–Crippen MR) is 73.4 cm³/mol. The number of nitrogens with zero attached hydrogens (tertiary/aromatic N) is 4. The van der Waals surface area contributed by atoms with Gasteiger partial charge < -0.3 is 9.88 Å². The van der Waals surface area contributed by atoms with E-state index in [1.54, 1.807) is 22.7 Å². The summed E-state index contributed by atoms with van der Waals surface area (Å²) in [6.45, 7) is 5.14. The molecule has 1 amide bonds. The average Bonchev–Trinajstić information content (AvgIpc) is 2.92. The molecule has 0 aromatic carbocycles. The van der Waals surface area contributed by atoms with Gasteiger partial charge in [-0.2, -0.15) is 5.10 Å². The summed E-state index contributed by atoms with van der Waals surface area (Å²) in [7, 11) is 0. The Morgan fingerprint density at radius 1 is 1.50 bits per heavy atom. The molecule has 1 N–H and O–H groups in total. The minimum atomic E-state index is -0.403. The van der Waals surface area contributed by atoms with Crippen LogP contribution in [-0.2, 0) is 6.54 Å². The molecule has 2 heterocycles. The zero-order valence-electron chi connectivity index (χ0n) is 11.5. The molecular formula is C13H17N5O2. The molecule has 0 atom stereocenters. The van der Waals surface area contributed by atoms with Gasteiger partial charge in [-0.25, -0.2) is 4.98 Å². The fraction of sp³-hybridized carbons (Fsp3) is 0.385. The second-order valence-electron chi connectivity index (χ2n) is 4.37. The van der Waals surface area contributed by atoms with Crippen LogP contribution in [0.15, 0.2) is 29.5 Å². The van der Waals surface area contributed by atoms with E-state index in [0.29, 0.717) is 25.5 Å². The highest BCUT2D eigenvalue weighted by molar-refractivity contribution is 5.93. The van der Waals surface area contributed by atoms with Crippen LogP contribution in [0.2, 0.25) is 0 Å². The molecule has 0 spiro atoms. The van der Waals surface area contributed by atoms with Gasteiger partial charge in [-0.15, -0.1) is 0 Å². The van der Waals surface area contributed by atoms with E-state index in [1.807, 2.05) is 19.2 Å². The van der Waals surface area contributed by atoms with Crippen molar-refractivity contribution in [2.45, 2.75) is 20.4 Å². The maximum Gasteiger partial charge on any atom is 0.263 e. The number of carbonyl (C=O) groups is 1. The van der Waals surface area contributed by atoms with Crippen LogP contribution in [0.4, 0.5) is 0 Å². The number of amides is 1. The number of rotatable bonds is 5. The normalized spacial score (nSPS) is 10.5. The van der Waals surface area contributed by atoms with E-state index in [0.717, 1.165) is 0 Å². The number of aryl methyl sites for hydroxylation is 1. The lowest BCUT2D eigenvalue weighted by molar-refractivity contribution is 0.0755. The van der Waals surface area contributed by atoms with Gasteiger partial charge in [-0.3, -0.25) is 14.3 Å². The summed E-state index contributed by atoms with van der Waals surface area (Å²) < 4.78 is 1.74. The van der Waals surface area contributed by atoms with Crippen molar-refractivity contribution in [2.24, 2.45) is 0 Å². The Hall–Kier alpha value is -2.44. The Morgan fingerprint density at radius 3 is 2.90 bits per heavy atom. The lowest BCUT2D eigenvalue weighted by Crippen LogP contribution is -2.37. The molecule has 0 aliphatic rings.